The van der Waals surface area contributed by atoms with E-state index in [1.807, 2.05) is 24.4 Å². The lowest BCUT2D eigenvalue weighted by molar-refractivity contribution is 0.896. The van der Waals surface area contributed by atoms with Crippen molar-refractivity contribution in [2.45, 2.75) is 25.2 Å². The summed E-state index contributed by atoms with van der Waals surface area (Å²) in [6.07, 6.45) is 6.71. The zero-order chi connectivity index (χ0) is 12.4. The van der Waals surface area contributed by atoms with Gasteiger partial charge in [0.2, 0.25) is 0 Å². The quantitative estimate of drug-likeness (QED) is 0.628. The Morgan fingerprint density at radius 3 is 2.89 bits per heavy atom. The fourth-order valence-corrected chi connectivity index (χ4v) is 1.94. The van der Waals surface area contributed by atoms with Gasteiger partial charge in [-0.2, -0.15) is 0 Å². The molecule has 5 nitrogen and oxygen atoms in total. The average Bonchev–Trinajstić information content (AvgIpc) is 3.24. The van der Waals surface area contributed by atoms with Crippen LogP contribution >= 0.6 is 0 Å². The smallest absolute Gasteiger partial charge is 0.143 e. The number of hydrazine groups is 1. The van der Waals surface area contributed by atoms with Gasteiger partial charge in [-0.25, -0.2) is 15.8 Å². The number of pyridine rings is 1. The van der Waals surface area contributed by atoms with Crippen molar-refractivity contribution in [2.75, 3.05) is 5.43 Å². The van der Waals surface area contributed by atoms with Crippen molar-refractivity contribution >= 4 is 5.82 Å². The number of aromatic nitrogens is 3. The zero-order valence-corrected chi connectivity index (χ0v) is 10.0. The van der Waals surface area contributed by atoms with Gasteiger partial charge in [-0.1, -0.05) is 6.07 Å². The van der Waals surface area contributed by atoms with Crippen LogP contribution < -0.4 is 11.3 Å². The monoisotopic (exact) mass is 241 g/mol. The summed E-state index contributed by atoms with van der Waals surface area (Å²) in [6, 6.07) is 5.88. The maximum Gasteiger partial charge on any atom is 0.143 e. The van der Waals surface area contributed by atoms with Gasteiger partial charge < -0.3 is 5.43 Å². The second-order valence-electron chi connectivity index (χ2n) is 4.55. The van der Waals surface area contributed by atoms with Gasteiger partial charge in [0.25, 0.3) is 0 Å². The van der Waals surface area contributed by atoms with Gasteiger partial charge in [0.15, 0.2) is 0 Å². The second kappa shape index (κ2) is 4.70. The molecule has 0 atom stereocenters. The van der Waals surface area contributed by atoms with E-state index in [9.17, 15) is 0 Å². The van der Waals surface area contributed by atoms with E-state index < -0.39 is 0 Å². The molecule has 0 saturated heterocycles. The van der Waals surface area contributed by atoms with Gasteiger partial charge in [0, 0.05) is 36.5 Å². The molecule has 3 N–H and O–H groups in total. The van der Waals surface area contributed by atoms with Crippen molar-refractivity contribution in [3.8, 4) is 0 Å². The molecule has 0 aliphatic heterocycles. The molecule has 1 aliphatic rings. The van der Waals surface area contributed by atoms with Crippen LogP contribution in [0, 0.1) is 0 Å². The number of nitrogen functional groups attached to an aromatic ring is 1. The van der Waals surface area contributed by atoms with Crippen LogP contribution in [-0.2, 0) is 6.42 Å². The zero-order valence-electron chi connectivity index (χ0n) is 10.0. The fourth-order valence-electron chi connectivity index (χ4n) is 1.94. The molecule has 0 aromatic carbocycles. The maximum atomic E-state index is 5.45. The third kappa shape index (κ3) is 2.46. The van der Waals surface area contributed by atoms with Crippen molar-refractivity contribution in [1.29, 1.82) is 0 Å². The lowest BCUT2D eigenvalue weighted by atomic mass is 10.2. The first kappa shape index (κ1) is 11.1. The molecule has 5 heteroatoms. The summed E-state index contributed by atoms with van der Waals surface area (Å²) in [5.74, 6) is 7.52. The standard InChI is InChI=1S/C13H15N5/c14-18-13-7-11(10-3-4-10)16-12(17-13)6-9-2-1-5-15-8-9/h1-2,5,7-8,10H,3-4,6,14H2,(H,16,17,18). The summed E-state index contributed by atoms with van der Waals surface area (Å²) in [7, 11) is 0. The molecule has 1 aliphatic carbocycles. The van der Waals surface area contributed by atoms with E-state index in [0.29, 0.717) is 18.2 Å². The van der Waals surface area contributed by atoms with E-state index >= 15 is 0 Å². The lowest BCUT2D eigenvalue weighted by Crippen LogP contribution is -2.11. The Kier molecular flexibility index (Phi) is 2.90. The van der Waals surface area contributed by atoms with Crippen molar-refractivity contribution in [2.24, 2.45) is 5.84 Å². The molecule has 2 heterocycles. The Labute approximate surface area is 105 Å². The number of nitrogens with zero attached hydrogens (tertiary/aromatic N) is 3. The summed E-state index contributed by atoms with van der Waals surface area (Å²) in [5, 5.41) is 0. The summed E-state index contributed by atoms with van der Waals surface area (Å²) in [4.78, 5) is 13.1. The number of hydrogen-bond donors (Lipinski definition) is 2. The molecule has 18 heavy (non-hydrogen) atoms. The molecular formula is C13H15N5. The molecule has 0 spiro atoms. The number of hydrogen-bond acceptors (Lipinski definition) is 5. The van der Waals surface area contributed by atoms with Gasteiger partial charge in [-0.15, -0.1) is 0 Å². The van der Waals surface area contributed by atoms with Gasteiger partial charge in [0.1, 0.15) is 11.6 Å². The molecule has 92 valence electrons. The fraction of sp³-hybridized carbons (Fsp3) is 0.308. The molecule has 2 aromatic rings. The van der Waals surface area contributed by atoms with E-state index in [0.717, 1.165) is 17.1 Å². The Morgan fingerprint density at radius 2 is 2.22 bits per heavy atom. The first-order valence-corrected chi connectivity index (χ1v) is 6.08. The SMILES string of the molecule is NNc1cc(C2CC2)nc(Cc2cccnc2)n1. The first-order valence-electron chi connectivity index (χ1n) is 6.08. The number of anilines is 1. The van der Waals surface area contributed by atoms with Crippen LogP contribution in [0.3, 0.4) is 0 Å². The molecule has 1 saturated carbocycles. The summed E-state index contributed by atoms with van der Waals surface area (Å²) >= 11 is 0. The first-order chi connectivity index (χ1) is 8.85. The number of nitrogens with one attached hydrogen (secondary N) is 1. The molecule has 3 rings (SSSR count). The Balaban J connectivity index is 1.88. The molecule has 0 unspecified atom stereocenters. The van der Waals surface area contributed by atoms with Crippen molar-refractivity contribution in [3.63, 3.8) is 0 Å². The highest BCUT2D eigenvalue weighted by atomic mass is 15.3. The highest BCUT2D eigenvalue weighted by Gasteiger charge is 2.26. The molecule has 2 aromatic heterocycles. The van der Waals surface area contributed by atoms with Crippen molar-refractivity contribution in [3.05, 3.63) is 47.7 Å². The molecule has 0 amide bonds. The van der Waals surface area contributed by atoms with Crippen LogP contribution in [-0.4, -0.2) is 15.0 Å². The van der Waals surface area contributed by atoms with Gasteiger partial charge in [0.05, 0.1) is 0 Å². The van der Waals surface area contributed by atoms with E-state index in [1.165, 1.54) is 12.8 Å². The third-order valence-corrected chi connectivity index (χ3v) is 3.02. The van der Waals surface area contributed by atoms with Crippen LogP contribution in [0.5, 0.6) is 0 Å². The average molecular weight is 241 g/mol. The highest BCUT2D eigenvalue weighted by molar-refractivity contribution is 5.37. The minimum absolute atomic E-state index is 0.591. The Bertz CT molecular complexity index is 536. The third-order valence-electron chi connectivity index (χ3n) is 3.02. The normalized spacial score (nSPS) is 14.5. The Hall–Kier alpha value is -2.01. The van der Waals surface area contributed by atoms with Crippen molar-refractivity contribution in [1.82, 2.24) is 15.0 Å². The van der Waals surface area contributed by atoms with E-state index in [2.05, 4.69) is 20.4 Å². The van der Waals surface area contributed by atoms with Crippen LogP contribution in [0.25, 0.3) is 0 Å². The number of rotatable bonds is 4. The topological polar surface area (TPSA) is 76.7 Å². The molecule has 1 fully saturated rings. The van der Waals surface area contributed by atoms with Crippen molar-refractivity contribution < 1.29 is 0 Å². The minimum Gasteiger partial charge on any atom is -0.308 e. The highest BCUT2D eigenvalue weighted by Crippen LogP contribution is 2.39. The van der Waals surface area contributed by atoms with Crippen LogP contribution in [0.4, 0.5) is 5.82 Å². The number of nitrogens with two attached hydrogens (primary N) is 1. The molecule has 0 bridgehead atoms. The van der Waals surface area contributed by atoms with Gasteiger partial charge in [-0.3, -0.25) is 4.98 Å². The van der Waals surface area contributed by atoms with E-state index in [1.54, 1.807) is 6.20 Å². The predicted octanol–water partition coefficient (Wildman–Crippen LogP) is 1.63. The van der Waals surface area contributed by atoms with Crippen LogP contribution in [0.1, 0.15) is 35.8 Å². The Morgan fingerprint density at radius 1 is 1.33 bits per heavy atom. The molecular weight excluding hydrogens is 226 g/mol. The maximum absolute atomic E-state index is 5.45. The predicted molar refractivity (Wildman–Crippen MR) is 68.9 cm³/mol. The summed E-state index contributed by atoms with van der Waals surface area (Å²) in [5.41, 5.74) is 4.81. The largest absolute Gasteiger partial charge is 0.308 e. The summed E-state index contributed by atoms with van der Waals surface area (Å²) < 4.78 is 0. The van der Waals surface area contributed by atoms with Gasteiger partial charge in [-0.05, 0) is 24.5 Å². The van der Waals surface area contributed by atoms with Crippen LogP contribution in [0.15, 0.2) is 30.6 Å². The minimum atomic E-state index is 0.591. The van der Waals surface area contributed by atoms with E-state index in [-0.39, 0.29) is 0 Å². The van der Waals surface area contributed by atoms with Gasteiger partial charge >= 0.3 is 0 Å². The van der Waals surface area contributed by atoms with E-state index in [4.69, 9.17) is 5.84 Å². The lowest BCUT2D eigenvalue weighted by Gasteiger charge is -2.07. The summed E-state index contributed by atoms with van der Waals surface area (Å²) in [6.45, 7) is 0. The second-order valence-corrected chi connectivity index (χ2v) is 4.55. The van der Waals surface area contributed by atoms with Crippen LogP contribution in [0.2, 0.25) is 0 Å². The molecule has 0 radical (unpaired) electrons.